The maximum atomic E-state index is 6.23. The van der Waals surface area contributed by atoms with Crippen LogP contribution in [-0.4, -0.2) is 24.7 Å². The summed E-state index contributed by atoms with van der Waals surface area (Å²) in [4.78, 5) is 0. The number of fused-ring (bicyclic) bond motifs is 1. The van der Waals surface area contributed by atoms with Gasteiger partial charge < -0.3 is 10.2 Å². The molecule has 4 nitrogen and oxygen atoms in total. The Morgan fingerprint density at radius 3 is 2.80 bits per heavy atom. The Labute approximate surface area is 123 Å². The molecule has 1 unspecified atom stereocenters. The van der Waals surface area contributed by atoms with Gasteiger partial charge in [0, 0.05) is 17.3 Å². The second kappa shape index (κ2) is 5.62. The predicted octanol–water partition coefficient (Wildman–Crippen LogP) is 3.24. The molecule has 0 bridgehead atoms. The molecule has 5 heteroatoms. The van der Waals surface area contributed by atoms with E-state index >= 15 is 0 Å². The van der Waals surface area contributed by atoms with Gasteiger partial charge in [0.2, 0.25) is 0 Å². The van der Waals surface area contributed by atoms with Crippen molar-refractivity contribution < 1.29 is 4.43 Å². The molecule has 1 atom stereocenters. The molecule has 1 aliphatic carbocycles. The summed E-state index contributed by atoms with van der Waals surface area (Å²) in [6, 6.07) is 0.175. The van der Waals surface area contributed by atoms with Crippen LogP contribution in [0.3, 0.4) is 0 Å². The van der Waals surface area contributed by atoms with E-state index in [9.17, 15) is 0 Å². The summed E-state index contributed by atoms with van der Waals surface area (Å²) in [6.45, 7) is 13.0. The Morgan fingerprint density at radius 1 is 1.45 bits per heavy atom. The van der Waals surface area contributed by atoms with Gasteiger partial charge in [0.25, 0.3) is 0 Å². The Morgan fingerprint density at radius 2 is 2.15 bits per heavy atom. The van der Waals surface area contributed by atoms with Crippen LogP contribution in [0.4, 0.5) is 0 Å². The minimum atomic E-state index is -1.65. The lowest BCUT2D eigenvalue weighted by Crippen LogP contribution is -2.41. The average molecular weight is 296 g/mol. The zero-order valence-electron chi connectivity index (χ0n) is 13.6. The second-order valence-corrected chi connectivity index (χ2v) is 12.2. The van der Waals surface area contributed by atoms with Crippen molar-refractivity contribution in [1.82, 2.24) is 9.78 Å². The molecule has 0 amide bonds. The van der Waals surface area contributed by atoms with Crippen LogP contribution in [0.5, 0.6) is 0 Å². The van der Waals surface area contributed by atoms with E-state index in [1.165, 1.54) is 17.7 Å². The van der Waals surface area contributed by atoms with Gasteiger partial charge in [-0.25, -0.2) is 0 Å². The number of aromatic nitrogens is 2. The van der Waals surface area contributed by atoms with Crippen molar-refractivity contribution >= 4 is 8.32 Å². The third-order valence-corrected chi connectivity index (χ3v) is 9.42. The molecule has 1 aliphatic rings. The van der Waals surface area contributed by atoms with Gasteiger partial charge in [-0.2, -0.15) is 5.10 Å². The van der Waals surface area contributed by atoms with Crippen LogP contribution in [0.15, 0.2) is 6.20 Å². The molecule has 0 fully saturated rings. The van der Waals surface area contributed by atoms with E-state index in [-0.39, 0.29) is 11.1 Å². The molecule has 0 spiro atoms. The van der Waals surface area contributed by atoms with Gasteiger partial charge in [-0.05, 0) is 37.4 Å². The highest BCUT2D eigenvalue weighted by Crippen LogP contribution is 2.36. The SMILES string of the molecule is CC(C)(C)[Si](C)(C)OCCn1ncc2c1CCCC2N. The Balaban J connectivity index is 1.96. The summed E-state index contributed by atoms with van der Waals surface area (Å²) in [5.41, 5.74) is 8.70. The molecule has 20 heavy (non-hydrogen) atoms. The molecule has 0 aliphatic heterocycles. The van der Waals surface area contributed by atoms with Crippen LogP contribution in [0.25, 0.3) is 0 Å². The van der Waals surface area contributed by atoms with Gasteiger partial charge >= 0.3 is 0 Å². The smallest absolute Gasteiger partial charge is 0.192 e. The largest absolute Gasteiger partial charge is 0.415 e. The van der Waals surface area contributed by atoms with Crippen LogP contribution in [0.2, 0.25) is 18.1 Å². The maximum Gasteiger partial charge on any atom is 0.192 e. The molecule has 0 saturated carbocycles. The molecule has 114 valence electrons. The number of hydrogen-bond donors (Lipinski definition) is 1. The monoisotopic (exact) mass is 295 g/mol. The van der Waals surface area contributed by atoms with Gasteiger partial charge in [-0.3, -0.25) is 4.68 Å². The van der Waals surface area contributed by atoms with Crippen molar-refractivity contribution in [3.63, 3.8) is 0 Å². The first-order chi connectivity index (χ1) is 9.22. The minimum absolute atomic E-state index is 0.175. The van der Waals surface area contributed by atoms with Crippen LogP contribution >= 0.6 is 0 Å². The molecular formula is C15H29N3OSi. The fraction of sp³-hybridized carbons (Fsp3) is 0.800. The summed E-state index contributed by atoms with van der Waals surface area (Å²) >= 11 is 0. The third kappa shape index (κ3) is 3.15. The molecule has 0 radical (unpaired) electrons. The molecule has 1 aromatic heterocycles. The van der Waals surface area contributed by atoms with E-state index in [1.54, 1.807) is 0 Å². The lowest BCUT2D eigenvalue weighted by atomic mass is 9.94. The molecule has 2 N–H and O–H groups in total. The first-order valence-corrected chi connectivity index (χ1v) is 10.6. The highest BCUT2D eigenvalue weighted by atomic mass is 28.4. The van der Waals surface area contributed by atoms with Crippen LogP contribution in [0.1, 0.15) is 50.9 Å². The summed E-state index contributed by atoms with van der Waals surface area (Å²) in [5.74, 6) is 0. The lowest BCUT2D eigenvalue weighted by molar-refractivity contribution is 0.263. The van der Waals surface area contributed by atoms with E-state index in [1.807, 2.05) is 6.20 Å². The molecule has 1 aromatic rings. The van der Waals surface area contributed by atoms with E-state index in [0.717, 1.165) is 26.0 Å². The Hall–Kier alpha value is -0.653. The molecular weight excluding hydrogens is 266 g/mol. The van der Waals surface area contributed by atoms with Crippen molar-refractivity contribution in [2.24, 2.45) is 5.73 Å². The summed E-state index contributed by atoms with van der Waals surface area (Å²) < 4.78 is 8.33. The first-order valence-electron chi connectivity index (χ1n) is 7.66. The van der Waals surface area contributed by atoms with Gasteiger partial charge in [0.15, 0.2) is 8.32 Å². The summed E-state index contributed by atoms with van der Waals surface area (Å²) in [7, 11) is -1.65. The van der Waals surface area contributed by atoms with E-state index < -0.39 is 8.32 Å². The molecule has 2 rings (SSSR count). The van der Waals surface area contributed by atoms with Crippen molar-refractivity contribution in [2.75, 3.05) is 6.61 Å². The molecule has 1 heterocycles. The van der Waals surface area contributed by atoms with Gasteiger partial charge in [-0.1, -0.05) is 20.8 Å². The zero-order chi connectivity index (χ0) is 15.0. The lowest BCUT2D eigenvalue weighted by Gasteiger charge is -2.36. The Bertz CT molecular complexity index is 462. The summed E-state index contributed by atoms with van der Waals surface area (Å²) in [5, 5.41) is 4.76. The fourth-order valence-electron chi connectivity index (χ4n) is 2.45. The maximum absolute atomic E-state index is 6.23. The third-order valence-electron chi connectivity index (χ3n) is 4.88. The van der Waals surface area contributed by atoms with Gasteiger partial charge in [-0.15, -0.1) is 0 Å². The van der Waals surface area contributed by atoms with Crippen molar-refractivity contribution in [1.29, 1.82) is 0 Å². The number of hydrogen-bond acceptors (Lipinski definition) is 3. The number of rotatable bonds is 4. The first kappa shape index (κ1) is 15.7. The minimum Gasteiger partial charge on any atom is -0.415 e. The van der Waals surface area contributed by atoms with Crippen LogP contribution < -0.4 is 5.73 Å². The van der Waals surface area contributed by atoms with Crippen molar-refractivity contribution in [2.45, 2.75) is 70.8 Å². The standard InChI is InChI=1S/C15H29N3OSi/c1-15(2,3)20(4,5)19-10-9-18-14-8-6-7-13(16)12(14)11-17-18/h11,13H,6-10,16H2,1-5H3. The van der Waals surface area contributed by atoms with Crippen molar-refractivity contribution in [3.05, 3.63) is 17.5 Å². The zero-order valence-corrected chi connectivity index (χ0v) is 14.6. The van der Waals surface area contributed by atoms with Gasteiger partial charge in [0.05, 0.1) is 19.3 Å². The highest BCUT2D eigenvalue weighted by molar-refractivity contribution is 6.74. The van der Waals surface area contributed by atoms with Gasteiger partial charge in [0.1, 0.15) is 0 Å². The normalized spacial score (nSPS) is 20.0. The van der Waals surface area contributed by atoms with E-state index in [0.29, 0.717) is 0 Å². The summed E-state index contributed by atoms with van der Waals surface area (Å²) in [6.07, 6.45) is 5.30. The van der Waals surface area contributed by atoms with Crippen molar-refractivity contribution in [3.8, 4) is 0 Å². The quantitative estimate of drug-likeness (QED) is 0.868. The van der Waals surface area contributed by atoms with Crippen LogP contribution in [0, 0.1) is 0 Å². The highest BCUT2D eigenvalue weighted by Gasteiger charge is 2.37. The second-order valence-electron chi connectivity index (χ2n) is 7.38. The van der Waals surface area contributed by atoms with E-state index in [4.69, 9.17) is 10.2 Å². The van der Waals surface area contributed by atoms with Crippen LogP contribution in [-0.2, 0) is 17.4 Å². The number of nitrogens with zero attached hydrogens (tertiary/aromatic N) is 2. The predicted molar refractivity (Wildman–Crippen MR) is 85.2 cm³/mol. The molecule has 0 aromatic carbocycles. The average Bonchev–Trinajstić information content (AvgIpc) is 2.72. The molecule has 0 saturated heterocycles. The fourth-order valence-corrected chi connectivity index (χ4v) is 3.48. The Kier molecular flexibility index (Phi) is 4.42. The number of nitrogens with two attached hydrogens (primary N) is 1. The van der Waals surface area contributed by atoms with E-state index in [2.05, 4.69) is 43.6 Å². The topological polar surface area (TPSA) is 53.1 Å².